The van der Waals surface area contributed by atoms with Crippen molar-refractivity contribution in [2.45, 2.75) is 25.3 Å². The van der Waals surface area contributed by atoms with E-state index in [0.717, 1.165) is 19.3 Å². The van der Waals surface area contributed by atoms with Crippen LogP contribution in [0.2, 0.25) is 0 Å². The van der Waals surface area contributed by atoms with Gasteiger partial charge in [-0.1, -0.05) is 6.42 Å². The van der Waals surface area contributed by atoms with Crippen LogP contribution in [0.3, 0.4) is 0 Å². The summed E-state index contributed by atoms with van der Waals surface area (Å²) < 4.78 is 22.2. The van der Waals surface area contributed by atoms with E-state index >= 15 is 0 Å². The first-order valence-corrected chi connectivity index (χ1v) is 3.72. The molecule has 1 aliphatic rings. The number of rotatable bonds is 2. The largest absolute Gasteiger partial charge is 0.760 e. The monoisotopic (exact) mass is 134 g/mol. The minimum absolute atomic E-state index is 0.244. The standard InChI is InChI=1S/C4H9NO2S/c6-8(7)5-4-2-1-3-4/h4-5H,1-3H2,(H,6,7)/p-1. The second-order valence-corrected chi connectivity index (χ2v) is 2.69. The highest BCUT2D eigenvalue weighted by molar-refractivity contribution is 7.77. The lowest BCUT2D eigenvalue weighted by atomic mass is 9.94. The molecule has 0 aromatic rings. The van der Waals surface area contributed by atoms with Gasteiger partial charge in [-0.3, -0.25) is 4.21 Å². The summed E-state index contributed by atoms with van der Waals surface area (Å²) in [6, 6.07) is 0.244. The van der Waals surface area contributed by atoms with Crippen molar-refractivity contribution in [3.63, 3.8) is 0 Å². The van der Waals surface area contributed by atoms with Gasteiger partial charge in [-0.2, -0.15) is 0 Å². The molecule has 1 rings (SSSR count). The molecule has 0 aromatic heterocycles. The molecule has 0 aliphatic heterocycles. The first-order chi connectivity index (χ1) is 3.79. The topological polar surface area (TPSA) is 52.2 Å². The van der Waals surface area contributed by atoms with Crippen molar-refractivity contribution >= 4 is 11.3 Å². The minimum atomic E-state index is -2.04. The average molecular weight is 134 g/mol. The molecular weight excluding hydrogens is 126 g/mol. The summed E-state index contributed by atoms with van der Waals surface area (Å²) in [6.07, 6.45) is 3.18. The number of hydrogen-bond acceptors (Lipinski definition) is 2. The molecule has 0 heterocycles. The highest BCUT2D eigenvalue weighted by Gasteiger charge is 2.15. The average Bonchev–Trinajstić information content (AvgIpc) is 1.55. The smallest absolute Gasteiger partial charge is 0.0184 e. The van der Waals surface area contributed by atoms with Crippen molar-refractivity contribution in [3.8, 4) is 0 Å². The Morgan fingerprint density at radius 2 is 2.25 bits per heavy atom. The van der Waals surface area contributed by atoms with Crippen LogP contribution in [-0.2, 0) is 11.3 Å². The van der Waals surface area contributed by atoms with E-state index < -0.39 is 11.3 Å². The summed E-state index contributed by atoms with van der Waals surface area (Å²) in [7, 11) is 0. The van der Waals surface area contributed by atoms with Gasteiger partial charge in [0.25, 0.3) is 0 Å². The van der Waals surface area contributed by atoms with Crippen molar-refractivity contribution in [1.82, 2.24) is 4.72 Å². The molecule has 1 fully saturated rings. The maximum Gasteiger partial charge on any atom is 0.0184 e. The normalized spacial score (nSPS) is 24.6. The van der Waals surface area contributed by atoms with Crippen LogP contribution in [0.25, 0.3) is 0 Å². The predicted molar refractivity (Wildman–Crippen MR) is 29.7 cm³/mol. The molecule has 1 aliphatic carbocycles. The quantitative estimate of drug-likeness (QED) is 0.537. The van der Waals surface area contributed by atoms with Gasteiger partial charge in [-0.25, -0.2) is 4.72 Å². The maximum absolute atomic E-state index is 9.89. The van der Waals surface area contributed by atoms with E-state index in [2.05, 4.69) is 4.72 Å². The second-order valence-electron chi connectivity index (χ2n) is 1.98. The third kappa shape index (κ3) is 1.54. The first kappa shape index (κ1) is 6.19. The molecular formula is C4H8NO2S-. The molecule has 1 N–H and O–H groups in total. The van der Waals surface area contributed by atoms with Crippen LogP contribution < -0.4 is 4.72 Å². The molecule has 0 saturated heterocycles. The molecule has 0 amide bonds. The summed E-state index contributed by atoms with van der Waals surface area (Å²) in [5.41, 5.74) is 0. The van der Waals surface area contributed by atoms with Crippen molar-refractivity contribution in [3.05, 3.63) is 0 Å². The van der Waals surface area contributed by atoms with Gasteiger partial charge in [0, 0.05) is 17.3 Å². The van der Waals surface area contributed by atoms with Gasteiger partial charge in [-0.05, 0) is 12.8 Å². The highest BCUT2D eigenvalue weighted by Crippen LogP contribution is 2.17. The van der Waals surface area contributed by atoms with Gasteiger partial charge in [0.2, 0.25) is 0 Å². The van der Waals surface area contributed by atoms with Gasteiger partial charge < -0.3 is 4.55 Å². The van der Waals surface area contributed by atoms with E-state index in [1.54, 1.807) is 0 Å². The van der Waals surface area contributed by atoms with Crippen LogP contribution >= 0.6 is 0 Å². The van der Waals surface area contributed by atoms with Gasteiger partial charge in [0.1, 0.15) is 0 Å². The Labute approximate surface area is 50.9 Å². The molecule has 3 nitrogen and oxygen atoms in total. The highest BCUT2D eigenvalue weighted by atomic mass is 32.2. The van der Waals surface area contributed by atoms with Crippen LogP contribution in [0.1, 0.15) is 19.3 Å². The second kappa shape index (κ2) is 2.57. The molecule has 1 unspecified atom stereocenters. The molecule has 48 valence electrons. The van der Waals surface area contributed by atoms with E-state index in [1.165, 1.54) is 0 Å². The number of hydrogen-bond donors (Lipinski definition) is 1. The Morgan fingerprint density at radius 1 is 1.62 bits per heavy atom. The summed E-state index contributed by atoms with van der Waals surface area (Å²) in [6.45, 7) is 0. The summed E-state index contributed by atoms with van der Waals surface area (Å²) >= 11 is -2.04. The summed E-state index contributed by atoms with van der Waals surface area (Å²) in [5, 5.41) is 0. The van der Waals surface area contributed by atoms with Crippen LogP contribution in [0.4, 0.5) is 0 Å². The van der Waals surface area contributed by atoms with Crippen molar-refractivity contribution in [1.29, 1.82) is 0 Å². The van der Waals surface area contributed by atoms with Crippen molar-refractivity contribution in [2.75, 3.05) is 0 Å². The zero-order valence-electron chi connectivity index (χ0n) is 4.42. The Morgan fingerprint density at radius 3 is 2.38 bits per heavy atom. The fourth-order valence-electron chi connectivity index (χ4n) is 0.662. The maximum atomic E-state index is 9.89. The molecule has 1 atom stereocenters. The van der Waals surface area contributed by atoms with Crippen molar-refractivity contribution in [2.24, 2.45) is 0 Å². The minimum Gasteiger partial charge on any atom is -0.760 e. The Hall–Kier alpha value is 0.0700. The summed E-state index contributed by atoms with van der Waals surface area (Å²) in [4.78, 5) is 0. The molecule has 0 bridgehead atoms. The van der Waals surface area contributed by atoms with E-state index in [-0.39, 0.29) is 6.04 Å². The zero-order chi connectivity index (χ0) is 5.98. The zero-order valence-corrected chi connectivity index (χ0v) is 5.24. The lowest BCUT2D eigenvalue weighted by Crippen LogP contribution is -2.35. The van der Waals surface area contributed by atoms with Gasteiger partial charge in [-0.15, -0.1) is 0 Å². The lowest BCUT2D eigenvalue weighted by Gasteiger charge is -2.26. The molecule has 4 heteroatoms. The van der Waals surface area contributed by atoms with Crippen molar-refractivity contribution < 1.29 is 8.76 Å². The first-order valence-electron chi connectivity index (χ1n) is 2.64. The Kier molecular flexibility index (Phi) is 1.99. The molecule has 1 saturated carbocycles. The lowest BCUT2D eigenvalue weighted by molar-refractivity contribution is 0.377. The van der Waals surface area contributed by atoms with E-state index in [0.29, 0.717) is 0 Å². The third-order valence-electron chi connectivity index (χ3n) is 1.37. The number of nitrogens with one attached hydrogen (secondary N) is 1. The van der Waals surface area contributed by atoms with Crippen LogP contribution in [0.15, 0.2) is 0 Å². The Balaban J connectivity index is 2.09. The molecule has 0 radical (unpaired) electrons. The van der Waals surface area contributed by atoms with Gasteiger partial charge in [0.15, 0.2) is 0 Å². The van der Waals surface area contributed by atoms with Crippen LogP contribution in [0.5, 0.6) is 0 Å². The molecule has 0 aromatic carbocycles. The van der Waals surface area contributed by atoms with Gasteiger partial charge in [0.05, 0.1) is 0 Å². The fraction of sp³-hybridized carbons (Fsp3) is 1.00. The summed E-state index contributed by atoms with van der Waals surface area (Å²) in [5.74, 6) is 0. The molecule has 8 heavy (non-hydrogen) atoms. The molecule has 0 spiro atoms. The van der Waals surface area contributed by atoms with E-state index in [1.807, 2.05) is 0 Å². The third-order valence-corrected chi connectivity index (χ3v) is 1.89. The van der Waals surface area contributed by atoms with E-state index in [9.17, 15) is 8.76 Å². The van der Waals surface area contributed by atoms with Gasteiger partial charge >= 0.3 is 0 Å². The van der Waals surface area contributed by atoms with Crippen LogP contribution in [-0.4, -0.2) is 14.8 Å². The SMILES string of the molecule is O=S([O-])NC1CCC1. The van der Waals surface area contributed by atoms with Crippen LogP contribution in [0, 0.1) is 0 Å². The Bertz CT molecular complexity index is 102. The predicted octanol–water partition coefficient (Wildman–Crippen LogP) is -0.0774. The fourth-order valence-corrected chi connectivity index (χ4v) is 1.17. The van der Waals surface area contributed by atoms with E-state index in [4.69, 9.17) is 0 Å².